The molecule has 95 valence electrons. The molecule has 0 aliphatic carbocycles. The van der Waals surface area contributed by atoms with Gasteiger partial charge in [0.25, 0.3) is 0 Å². The molecule has 0 fully saturated rings. The molecule has 1 radical (unpaired) electrons. The minimum absolute atomic E-state index is 0.265. The molecule has 0 bridgehead atoms. The van der Waals surface area contributed by atoms with Crippen LogP contribution in [0, 0.1) is 6.92 Å². The summed E-state index contributed by atoms with van der Waals surface area (Å²) in [7, 11) is 0. The molecule has 0 saturated heterocycles. The lowest BCUT2D eigenvalue weighted by molar-refractivity contribution is -0.141. The summed E-state index contributed by atoms with van der Waals surface area (Å²) >= 11 is 11.6. The van der Waals surface area contributed by atoms with Crippen molar-refractivity contribution < 1.29 is 13.2 Å². The third-order valence-electron chi connectivity index (χ3n) is 2.26. The summed E-state index contributed by atoms with van der Waals surface area (Å²) in [5.41, 5.74) is -0.320. The molecule has 0 N–H and O–H groups in total. The molecule has 1 aromatic carbocycles. The van der Waals surface area contributed by atoms with Gasteiger partial charge in [-0.15, -0.1) is 0 Å². The Morgan fingerprint density at radius 3 is 2.44 bits per heavy atom. The van der Waals surface area contributed by atoms with Crippen molar-refractivity contribution in [3.8, 4) is 5.69 Å². The summed E-state index contributed by atoms with van der Waals surface area (Å²) in [5, 5.41) is 3.99. The van der Waals surface area contributed by atoms with Crippen LogP contribution in [0.3, 0.4) is 0 Å². The summed E-state index contributed by atoms with van der Waals surface area (Å²) in [5.74, 6) is 0. The van der Waals surface area contributed by atoms with Gasteiger partial charge in [-0.25, -0.2) is 4.68 Å². The molecule has 1 aromatic heterocycles. The van der Waals surface area contributed by atoms with Crippen LogP contribution in [0.2, 0.25) is 10.0 Å². The summed E-state index contributed by atoms with van der Waals surface area (Å²) in [4.78, 5) is 0. The first-order valence-electron chi connectivity index (χ1n) is 4.73. The Morgan fingerprint density at radius 2 is 1.89 bits per heavy atom. The lowest BCUT2D eigenvalue weighted by Gasteiger charge is -2.08. The molecule has 7 heteroatoms. The van der Waals surface area contributed by atoms with Gasteiger partial charge in [0.2, 0.25) is 0 Å². The predicted molar refractivity (Wildman–Crippen MR) is 63.0 cm³/mol. The average molecular weight is 294 g/mol. The second-order valence-corrected chi connectivity index (χ2v) is 4.37. The van der Waals surface area contributed by atoms with Gasteiger partial charge < -0.3 is 0 Å². The largest absolute Gasteiger partial charge is 0.435 e. The number of aromatic nitrogens is 2. The minimum atomic E-state index is -4.49. The maximum Gasteiger partial charge on any atom is 0.435 e. The number of alkyl halides is 3. The van der Waals surface area contributed by atoms with E-state index in [-0.39, 0.29) is 5.02 Å². The number of hydrogen-bond acceptors (Lipinski definition) is 1. The number of rotatable bonds is 1. The van der Waals surface area contributed by atoms with Crippen molar-refractivity contribution in [2.45, 2.75) is 6.18 Å². The highest BCUT2D eigenvalue weighted by molar-refractivity contribution is 6.35. The zero-order valence-corrected chi connectivity index (χ0v) is 10.3. The van der Waals surface area contributed by atoms with E-state index in [4.69, 9.17) is 23.2 Å². The number of halogens is 5. The normalized spacial score (nSPS) is 11.9. The molecule has 0 aliphatic heterocycles. The Labute approximate surface area is 111 Å². The van der Waals surface area contributed by atoms with E-state index in [2.05, 4.69) is 12.0 Å². The van der Waals surface area contributed by atoms with E-state index in [1.807, 2.05) is 0 Å². The van der Waals surface area contributed by atoms with Crippen molar-refractivity contribution >= 4 is 23.2 Å². The smallest absolute Gasteiger partial charge is 0.240 e. The fourth-order valence-corrected chi connectivity index (χ4v) is 1.89. The summed E-state index contributed by atoms with van der Waals surface area (Å²) < 4.78 is 38.3. The van der Waals surface area contributed by atoms with Gasteiger partial charge in [-0.3, -0.25) is 0 Å². The van der Waals surface area contributed by atoms with Crippen LogP contribution < -0.4 is 0 Å². The Balaban J connectivity index is 2.53. The Hall–Kier alpha value is -1.20. The summed E-state index contributed by atoms with van der Waals surface area (Å²) in [6.45, 7) is 3.68. The molecular formula is C11H6Cl2F3N2. The Kier molecular flexibility index (Phi) is 3.29. The second kappa shape index (κ2) is 4.48. The predicted octanol–water partition coefficient (Wildman–Crippen LogP) is 4.38. The third kappa shape index (κ3) is 2.47. The molecule has 0 spiro atoms. The second-order valence-electron chi connectivity index (χ2n) is 3.53. The maximum atomic E-state index is 12.4. The molecule has 0 amide bonds. The van der Waals surface area contributed by atoms with Crippen LogP contribution in [0.25, 0.3) is 5.69 Å². The van der Waals surface area contributed by atoms with E-state index in [0.717, 1.165) is 10.7 Å². The Morgan fingerprint density at radius 1 is 1.22 bits per heavy atom. The van der Waals surface area contributed by atoms with Crippen molar-refractivity contribution in [1.82, 2.24) is 9.78 Å². The van der Waals surface area contributed by atoms with E-state index >= 15 is 0 Å². The van der Waals surface area contributed by atoms with E-state index in [9.17, 15) is 13.2 Å². The van der Waals surface area contributed by atoms with E-state index in [0.29, 0.717) is 16.3 Å². The van der Waals surface area contributed by atoms with Gasteiger partial charge in [0.15, 0.2) is 5.69 Å². The van der Waals surface area contributed by atoms with Gasteiger partial charge >= 0.3 is 6.18 Å². The third-order valence-corrected chi connectivity index (χ3v) is 2.82. The minimum Gasteiger partial charge on any atom is -0.240 e. The number of nitrogens with zero attached hydrogens (tertiary/aromatic N) is 2. The van der Waals surface area contributed by atoms with Crippen molar-refractivity contribution in [3.63, 3.8) is 0 Å². The standard InChI is InChI=1S/C11H6Cl2F3N2/c1-6-8(13)4-7(12)5-9(6)18-3-2-10(17-18)11(14,15)16/h2-5H,1H2. The molecule has 2 rings (SSSR count). The van der Waals surface area contributed by atoms with Crippen molar-refractivity contribution in [2.75, 3.05) is 0 Å². The molecule has 0 unspecified atom stereocenters. The fourth-order valence-electron chi connectivity index (χ4n) is 1.40. The lowest BCUT2D eigenvalue weighted by Crippen LogP contribution is -2.07. The number of hydrogen-bond donors (Lipinski definition) is 0. The highest BCUT2D eigenvalue weighted by Crippen LogP contribution is 2.30. The molecule has 0 atom stereocenters. The summed E-state index contributed by atoms with van der Waals surface area (Å²) in [6, 6.07) is 3.78. The van der Waals surface area contributed by atoms with Crippen molar-refractivity contribution in [1.29, 1.82) is 0 Å². The van der Waals surface area contributed by atoms with Gasteiger partial charge in [0.1, 0.15) is 0 Å². The first-order valence-corrected chi connectivity index (χ1v) is 5.49. The van der Waals surface area contributed by atoms with Crippen molar-refractivity contribution in [2.24, 2.45) is 0 Å². The van der Waals surface area contributed by atoms with Crippen LogP contribution in [0.5, 0.6) is 0 Å². The summed E-state index contributed by atoms with van der Waals surface area (Å²) in [6.07, 6.45) is -3.31. The molecule has 1 heterocycles. The quantitative estimate of drug-likeness (QED) is 0.763. The SMILES string of the molecule is [CH2]c1c(Cl)cc(Cl)cc1-n1ccc(C(F)(F)F)n1. The first kappa shape index (κ1) is 13.2. The van der Waals surface area contributed by atoms with Gasteiger partial charge in [0.05, 0.1) is 5.69 Å². The fraction of sp³-hybridized carbons (Fsp3) is 0.0909. The monoisotopic (exact) mass is 293 g/mol. The van der Waals surface area contributed by atoms with E-state index < -0.39 is 11.9 Å². The van der Waals surface area contributed by atoms with Crippen LogP contribution in [0.15, 0.2) is 24.4 Å². The molecule has 2 nitrogen and oxygen atoms in total. The molecule has 0 aliphatic rings. The highest BCUT2D eigenvalue weighted by Gasteiger charge is 2.33. The van der Waals surface area contributed by atoms with Crippen LogP contribution in [-0.2, 0) is 6.18 Å². The highest BCUT2D eigenvalue weighted by atomic mass is 35.5. The lowest BCUT2D eigenvalue weighted by atomic mass is 10.2. The van der Waals surface area contributed by atoms with Crippen LogP contribution in [-0.4, -0.2) is 9.78 Å². The van der Waals surface area contributed by atoms with Gasteiger partial charge in [-0.2, -0.15) is 18.3 Å². The average Bonchev–Trinajstić information content (AvgIpc) is 2.71. The van der Waals surface area contributed by atoms with E-state index in [1.165, 1.54) is 18.3 Å². The Bertz CT molecular complexity index is 590. The van der Waals surface area contributed by atoms with Crippen molar-refractivity contribution in [3.05, 3.63) is 52.6 Å². The van der Waals surface area contributed by atoms with Gasteiger partial charge in [0, 0.05) is 16.2 Å². The first-order chi connectivity index (χ1) is 8.29. The maximum absolute atomic E-state index is 12.4. The van der Waals surface area contributed by atoms with Gasteiger partial charge in [-0.05, 0) is 30.7 Å². The molecule has 2 aromatic rings. The van der Waals surface area contributed by atoms with Crippen LogP contribution in [0.4, 0.5) is 13.2 Å². The van der Waals surface area contributed by atoms with E-state index in [1.54, 1.807) is 0 Å². The molecular weight excluding hydrogens is 288 g/mol. The van der Waals surface area contributed by atoms with Crippen LogP contribution in [0.1, 0.15) is 11.3 Å². The zero-order chi connectivity index (χ0) is 13.5. The molecule has 0 saturated carbocycles. The topological polar surface area (TPSA) is 17.8 Å². The molecule has 18 heavy (non-hydrogen) atoms. The zero-order valence-electron chi connectivity index (χ0n) is 8.80. The van der Waals surface area contributed by atoms with Crippen LogP contribution >= 0.6 is 23.2 Å². The van der Waals surface area contributed by atoms with Gasteiger partial charge in [-0.1, -0.05) is 23.2 Å². The number of benzene rings is 1.